The number of rotatable bonds is 8. The minimum absolute atomic E-state index is 0.257. The first-order valence-electron chi connectivity index (χ1n) is 12.1. The number of ether oxygens (including phenoxy) is 1. The Hall–Kier alpha value is -4.44. The van der Waals surface area contributed by atoms with E-state index in [1.54, 1.807) is 17.8 Å². The van der Waals surface area contributed by atoms with Gasteiger partial charge in [0, 0.05) is 56.1 Å². The topological polar surface area (TPSA) is 99.9 Å². The van der Waals surface area contributed by atoms with Crippen molar-refractivity contribution in [1.82, 2.24) is 24.5 Å². The van der Waals surface area contributed by atoms with Gasteiger partial charge in [0.25, 0.3) is 0 Å². The zero-order valence-electron chi connectivity index (χ0n) is 21.0. The van der Waals surface area contributed by atoms with Crippen LogP contribution in [-0.4, -0.2) is 70.7 Å². The van der Waals surface area contributed by atoms with Crippen LogP contribution >= 0.6 is 0 Å². The summed E-state index contributed by atoms with van der Waals surface area (Å²) >= 11 is 0. The van der Waals surface area contributed by atoms with E-state index < -0.39 is 0 Å². The second-order valence-corrected chi connectivity index (χ2v) is 8.94. The number of fused-ring (bicyclic) bond motifs is 1. The number of hydrogen-bond acceptors (Lipinski definition) is 8. The predicted octanol–water partition coefficient (Wildman–Crippen LogP) is 3.34. The number of methoxy groups -OCH3 is 1. The van der Waals surface area contributed by atoms with Crippen LogP contribution in [0.15, 0.2) is 67.4 Å². The molecule has 0 saturated carbocycles. The molecule has 0 bridgehead atoms. The number of nitrogens with zero attached hydrogens (tertiary/aromatic N) is 6. The van der Waals surface area contributed by atoms with E-state index in [4.69, 9.17) is 9.72 Å². The highest BCUT2D eigenvalue weighted by atomic mass is 16.5. The zero-order chi connectivity index (χ0) is 25.8. The van der Waals surface area contributed by atoms with Crippen LogP contribution in [0.1, 0.15) is 11.4 Å². The number of anilines is 4. The molecule has 190 valence electrons. The van der Waals surface area contributed by atoms with E-state index in [1.165, 1.54) is 6.08 Å². The van der Waals surface area contributed by atoms with Crippen molar-refractivity contribution in [2.45, 2.75) is 6.42 Å². The number of nitrogens with one attached hydrogen (secondary N) is 2. The molecule has 0 radical (unpaired) electrons. The van der Waals surface area contributed by atoms with Crippen molar-refractivity contribution in [3.8, 4) is 5.75 Å². The Kier molecular flexibility index (Phi) is 7.00. The lowest BCUT2D eigenvalue weighted by Crippen LogP contribution is -2.44. The lowest BCUT2D eigenvalue weighted by molar-refractivity contribution is -0.111. The minimum Gasteiger partial charge on any atom is -0.494 e. The van der Waals surface area contributed by atoms with Gasteiger partial charge >= 0.3 is 0 Å². The standard InChI is InChI=1S/C27H30N8O2/c1-4-26(36)29-20-7-5-6-19(16-20)17-25-32-27(31-24-10-11-28-35(24)25)30-22-9-8-21(18-23(22)37-3)34-14-12-33(2)13-15-34/h4-11,16,18H,1,12-15,17H2,2-3H3,(H,29,36)(H,30,31). The maximum atomic E-state index is 11.7. The number of aromatic nitrogens is 4. The van der Waals surface area contributed by atoms with Crippen molar-refractivity contribution < 1.29 is 9.53 Å². The number of benzene rings is 2. The third-order valence-electron chi connectivity index (χ3n) is 6.36. The molecule has 2 aromatic carbocycles. The maximum Gasteiger partial charge on any atom is 0.247 e. The van der Waals surface area contributed by atoms with Crippen LogP contribution in [0, 0.1) is 0 Å². The Morgan fingerprint density at radius 2 is 1.95 bits per heavy atom. The average Bonchev–Trinajstić information content (AvgIpc) is 3.39. The van der Waals surface area contributed by atoms with Gasteiger partial charge < -0.3 is 25.2 Å². The monoisotopic (exact) mass is 498 g/mol. The quantitative estimate of drug-likeness (QED) is 0.357. The molecule has 2 aromatic heterocycles. The summed E-state index contributed by atoms with van der Waals surface area (Å²) in [6, 6.07) is 15.6. The summed E-state index contributed by atoms with van der Waals surface area (Å²) in [5.74, 6) is 1.62. The Balaban J connectivity index is 1.40. The minimum atomic E-state index is -0.257. The number of hydrogen-bond donors (Lipinski definition) is 2. The molecule has 2 N–H and O–H groups in total. The van der Waals surface area contributed by atoms with E-state index in [9.17, 15) is 4.79 Å². The van der Waals surface area contributed by atoms with Gasteiger partial charge in [0.1, 0.15) is 11.6 Å². The number of likely N-dealkylation sites (N-methyl/N-ethyl adjacent to an activating group) is 1. The molecule has 1 fully saturated rings. The van der Waals surface area contributed by atoms with Crippen LogP contribution in [0.3, 0.4) is 0 Å². The Bertz CT molecular complexity index is 1430. The summed E-state index contributed by atoms with van der Waals surface area (Å²) in [6.45, 7) is 7.54. The number of carbonyl (C=O) groups is 1. The van der Waals surface area contributed by atoms with Crippen molar-refractivity contribution in [1.29, 1.82) is 0 Å². The third kappa shape index (κ3) is 5.54. The summed E-state index contributed by atoms with van der Waals surface area (Å²) in [5.41, 5.74) is 4.25. The molecule has 4 aromatic rings. The first kappa shape index (κ1) is 24.3. The molecule has 1 saturated heterocycles. The largest absolute Gasteiger partial charge is 0.494 e. The highest BCUT2D eigenvalue weighted by Gasteiger charge is 2.17. The van der Waals surface area contributed by atoms with Crippen LogP contribution < -0.4 is 20.3 Å². The van der Waals surface area contributed by atoms with E-state index in [0.717, 1.165) is 48.9 Å². The summed E-state index contributed by atoms with van der Waals surface area (Å²) in [6.07, 6.45) is 3.43. The van der Waals surface area contributed by atoms with Crippen LogP contribution in [0.2, 0.25) is 0 Å². The molecule has 1 aliphatic heterocycles. The van der Waals surface area contributed by atoms with Gasteiger partial charge in [-0.1, -0.05) is 18.7 Å². The second kappa shape index (κ2) is 10.7. The molecule has 3 heterocycles. The molecular weight excluding hydrogens is 468 g/mol. The van der Waals surface area contributed by atoms with E-state index in [1.807, 2.05) is 36.4 Å². The van der Waals surface area contributed by atoms with Crippen molar-refractivity contribution in [2.24, 2.45) is 0 Å². The molecular formula is C27H30N8O2. The fourth-order valence-corrected chi connectivity index (χ4v) is 4.35. The van der Waals surface area contributed by atoms with Gasteiger partial charge in [-0.2, -0.15) is 15.1 Å². The number of amides is 1. The lowest BCUT2D eigenvalue weighted by atomic mass is 10.1. The third-order valence-corrected chi connectivity index (χ3v) is 6.36. The van der Waals surface area contributed by atoms with Crippen molar-refractivity contribution in [3.63, 3.8) is 0 Å². The van der Waals surface area contributed by atoms with E-state index in [-0.39, 0.29) is 5.91 Å². The molecule has 1 amide bonds. The first-order valence-corrected chi connectivity index (χ1v) is 12.1. The van der Waals surface area contributed by atoms with Gasteiger partial charge in [0.2, 0.25) is 11.9 Å². The van der Waals surface area contributed by atoms with Gasteiger partial charge in [0.15, 0.2) is 5.65 Å². The van der Waals surface area contributed by atoms with Crippen LogP contribution in [0.5, 0.6) is 5.75 Å². The first-order chi connectivity index (χ1) is 18.0. The molecule has 5 rings (SSSR count). The van der Waals surface area contributed by atoms with E-state index in [2.05, 4.69) is 56.3 Å². The SMILES string of the molecule is C=CC(=O)Nc1cccc(Cc2nc(Nc3ccc(N4CCN(C)CC4)cc3OC)nc3ccnn23)c1. The lowest BCUT2D eigenvalue weighted by Gasteiger charge is -2.34. The highest BCUT2D eigenvalue weighted by Crippen LogP contribution is 2.32. The Morgan fingerprint density at radius 1 is 1.11 bits per heavy atom. The van der Waals surface area contributed by atoms with Gasteiger partial charge in [-0.05, 0) is 43.0 Å². The Morgan fingerprint density at radius 3 is 2.73 bits per heavy atom. The Labute approximate surface area is 215 Å². The van der Waals surface area contributed by atoms with Crippen molar-refractivity contribution in [2.75, 3.05) is 55.9 Å². The van der Waals surface area contributed by atoms with Crippen molar-refractivity contribution >= 4 is 34.6 Å². The zero-order valence-corrected chi connectivity index (χ0v) is 21.0. The number of carbonyl (C=O) groups excluding carboxylic acids is 1. The summed E-state index contributed by atoms with van der Waals surface area (Å²) in [4.78, 5) is 25.8. The molecule has 10 heteroatoms. The summed E-state index contributed by atoms with van der Waals surface area (Å²) in [5, 5.41) is 10.5. The maximum absolute atomic E-state index is 11.7. The molecule has 10 nitrogen and oxygen atoms in total. The number of piperazine rings is 1. The van der Waals surface area contributed by atoms with Crippen molar-refractivity contribution in [3.05, 3.63) is 78.8 Å². The normalized spacial score (nSPS) is 13.9. The van der Waals surface area contributed by atoms with Crippen LogP contribution in [0.25, 0.3) is 5.65 Å². The van der Waals surface area contributed by atoms with Crippen LogP contribution in [0.4, 0.5) is 23.0 Å². The summed E-state index contributed by atoms with van der Waals surface area (Å²) < 4.78 is 7.42. The summed E-state index contributed by atoms with van der Waals surface area (Å²) in [7, 11) is 3.81. The van der Waals surface area contributed by atoms with Crippen LogP contribution in [-0.2, 0) is 11.2 Å². The molecule has 0 unspecified atom stereocenters. The molecule has 0 spiro atoms. The van der Waals surface area contributed by atoms with E-state index >= 15 is 0 Å². The molecule has 37 heavy (non-hydrogen) atoms. The van der Waals surface area contributed by atoms with Gasteiger partial charge in [-0.25, -0.2) is 4.52 Å². The molecule has 1 aliphatic rings. The smallest absolute Gasteiger partial charge is 0.247 e. The average molecular weight is 499 g/mol. The fraction of sp³-hybridized carbons (Fsp3) is 0.259. The van der Waals surface area contributed by atoms with Gasteiger partial charge in [-0.3, -0.25) is 4.79 Å². The van der Waals surface area contributed by atoms with Gasteiger partial charge in [-0.15, -0.1) is 0 Å². The molecule has 0 aliphatic carbocycles. The predicted molar refractivity (Wildman–Crippen MR) is 145 cm³/mol. The fourth-order valence-electron chi connectivity index (χ4n) is 4.35. The second-order valence-electron chi connectivity index (χ2n) is 8.94. The highest BCUT2D eigenvalue weighted by molar-refractivity contribution is 5.98. The van der Waals surface area contributed by atoms with Gasteiger partial charge in [0.05, 0.1) is 19.0 Å². The molecule has 0 atom stereocenters. The van der Waals surface area contributed by atoms with E-state index in [0.29, 0.717) is 29.5 Å².